The number of pyridine rings is 1. The van der Waals surface area contributed by atoms with Gasteiger partial charge < -0.3 is 15.0 Å². The van der Waals surface area contributed by atoms with Crippen LogP contribution < -0.4 is 10.2 Å². The molecule has 1 amide bonds. The summed E-state index contributed by atoms with van der Waals surface area (Å²) in [6.07, 6.45) is 2.23. The Morgan fingerprint density at radius 1 is 1.37 bits per heavy atom. The molecule has 1 N–H and O–H groups in total. The molecule has 1 saturated heterocycles. The Bertz CT molecular complexity index is 903. The number of amides is 1. The van der Waals surface area contributed by atoms with Crippen LogP contribution in [0.2, 0.25) is 5.15 Å². The molecule has 0 bridgehead atoms. The molecular formula is C19H23ClF3N5O2. The zero-order valence-electron chi connectivity index (χ0n) is 16.8. The molecule has 2 aromatic heterocycles. The first-order valence-corrected chi connectivity index (χ1v) is 9.78. The van der Waals surface area contributed by atoms with Crippen LogP contribution in [-0.4, -0.2) is 51.8 Å². The predicted molar refractivity (Wildman–Crippen MR) is 107 cm³/mol. The van der Waals surface area contributed by atoms with E-state index in [9.17, 15) is 18.0 Å². The number of anilines is 1. The molecule has 0 spiro atoms. The van der Waals surface area contributed by atoms with Crippen molar-refractivity contribution < 1.29 is 22.7 Å². The molecule has 1 aliphatic rings. The summed E-state index contributed by atoms with van der Waals surface area (Å²) >= 11 is 6.03. The smallest absolute Gasteiger partial charge is 0.407 e. The van der Waals surface area contributed by atoms with E-state index in [-0.39, 0.29) is 11.7 Å². The molecule has 11 heteroatoms. The Hall–Kier alpha value is -2.49. The Balaban J connectivity index is 1.76. The molecule has 1 aliphatic heterocycles. The quantitative estimate of drug-likeness (QED) is 0.704. The second-order valence-corrected chi connectivity index (χ2v) is 8.40. The summed E-state index contributed by atoms with van der Waals surface area (Å²) in [7, 11) is 0. The number of hydrogen-bond donors (Lipinski definition) is 1. The van der Waals surface area contributed by atoms with Crippen molar-refractivity contribution in [3.8, 4) is 11.1 Å². The highest BCUT2D eigenvalue weighted by atomic mass is 35.5. The zero-order chi connectivity index (χ0) is 22.1. The van der Waals surface area contributed by atoms with E-state index in [1.807, 2.05) is 0 Å². The monoisotopic (exact) mass is 445 g/mol. The summed E-state index contributed by atoms with van der Waals surface area (Å²) in [4.78, 5) is 17.7. The van der Waals surface area contributed by atoms with E-state index < -0.39 is 30.5 Å². The van der Waals surface area contributed by atoms with Crippen molar-refractivity contribution in [1.82, 2.24) is 20.1 Å². The summed E-state index contributed by atoms with van der Waals surface area (Å²) < 4.78 is 46.3. The van der Waals surface area contributed by atoms with Crippen LogP contribution in [0.15, 0.2) is 24.7 Å². The molecule has 2 atom stereocenters. The van der Waals surface area contributed by atoms with Gasteiger partial charge in [-0.2, -0.15) is 13.9 Å². The highest BCUT2D eigenvalue weighted by molar-refractivity contribution is 6.29. The summed E-state index contributed by atoms with van der Waals surface area (Å²) in [5, 5.41) is 6.41. The van der Waals surface area contributed by atoms with Gasteiger partial charge in [0.25, 0.3) is 0 Å². The predicted octanol–water partition coefficient (Wildman–Crippen LogP) is 4.44. The lowest BCUT2D eigenvalue weighted by atomic mass is 10.0. The number of alkyl halides is 3. The van der Waals surface area contributed by atoms with Crippen LogP contribution in [-0.2, 0) is 4.74 Å². The molecule has 0 saturated carbocycles. The summed E-state index contributed by atoms with van der Waals surface area (Å²) in [6.45, 7) is 2.81. The molecular weight excluding hydrogens is 423 g/mol. The minimum Gasteiger partial charge on any atom is -0.444 e. The van der Waals surface area contributed by atoms with Crippen LogP contribution in [0, 0.1) is 0 Å². The Morgan fingerprint density at radius 3 is 2.70 bits per heavy atom. The molecule has 0 radical (unpaired) electrons. The Morgan fingerprint density at radius 2 is 2.10 bits per heavy atom. The molecule has 7 nitrogen and oxygen atoms in total. The average molecular weight is 446 g/mol. The van der Waals surface area contributed by atoms with Crippen LogP contribution in [0.3, 0.4) is 0 Å². The van der Waals surface area contributed by atoms with E-state index >= 15 is 0 Å². The van der Waals surface area contributed by atoms with Crippen LogP contribution in [0.1, 0.15) is 33.7 Å². The van der Waals surface area contributed by atoms with Crippen molar-refractivity contribution in [2.24, 2.45) is 0 Å². The van der Waals surface area contributed by atoms with Crippen LogP contribution >= 0.6 is 11.6 Å². The molecule has 0 aromatic carbocycles. The van der Waals surface area contributed by atoms with Gasteiger partial charge >= 0.3 is 12.6 Å². The zero-order valence-corrected chi connectivity index (χ0v) is 17.5. The maximum Gasteiger partial charge on any atom is 0.407 e. The Kier molecular flexibility index (Phi) is 6.44. The number of hydrogen-bond acceptors (Lipinski definition) is 5. The normalized spacial score (nSPS) is 19.8. The number of rotatable bonds is 4. The number of piperidine rings is 1. The lowest BCUT2D eigenvalue weighted by Gasteiger charge is -2.37. The van der Waals surface area contributed by atoms with Gasteiger partial charge in [-0.25, -0.2) is 18.9 Å². The second-order valence-electron chi connectivity index (χ2n) is 8.01. The van der Waals surface area contributed by atoms with Gasteiger partial charge in [-0.05, 0) is 33.3 Å². The first-order chi connectivity index (χ1) is 14.0. The third-order valence-corrected chi connectivity index (χ3v) is 4.75. The summed E-state index contributed by atoms with van der Waals surface area (Å²) in [5.74, 6) is 0. The lowest BCUT2D eigenvalue weighted by molar-refractivity contribution is 0.0463. The van der Waals surface area contributed by atoms with Gasteiger partial charge in [-0.15, -0.1) is 0 Å². The van der Waals surface area contributed by atoms with Crippen molar-refractivity contribution in [3.63, 3.8) is 0 Å². The fraction of sp³-hybridized carbons (Fsp3) is 0.526. The molecule has 30 heavy (non-hydrogen) atoms. The van der Waals surface area contributed by atoms with Gasteiger partial charge in [0.15, 0.2) is 0 Å². The highest BCUT2D eigenvalue weighted by Gasteiger charge is 2.33. The highest BCUT2D eigenvalue weighted by Crippen LogP contribution is 2.34. The first kappa shape index (κ1) is 22.2. The number of aromatic nitrogens is 3. The van der Waals surface area contributed by atoms with Crippen LogP contribution in [0.4, 0.5) is 23.7 Å². The van der Waals surface area contributed by atoms with Gasteiger partial charge in [0.2, 0.25) is 0 Å². The number of nitrogens with zero attached hydrogens (tertiary/aromatic N) is 4. The van der Waals surface area contributed by atoms with Crippen LogP contribution in [0.5, 0.6) is 0 Å². The van der Waals surface area contributed by atoms with E-state index in [0.717, 1.165) is 0 Å². The number of halogens is 4. The van der Waals surface area contributed by atoms with Crippen LogP contribution in [0.25, 0.3) is 11.1 Å². The maximum atomic E-state index is 14.8. The van der Waals surface area contributed by atoms with E-state index in [4.69, 9.17) is 16.3 Å². The lowest BCUT2D eigenvalue weighted by Crippen LogP contribution is -2.53. The SMILES string of the molecule is CC(C)(C)OC(=O)N[C@H]1CCN(c2cc(Cl)ncc2-c2cnn(C(F)F)c2)C[C@H]1F. The fourth-order valence-corrected chi connectivity index (χ4v) is 3.39. The maximum absolute atomic E-state index is 14.8. The standard InChI is InChI=1S/C19H23ClF3N5O2/c1-19(2,3)30-18(29)26-14-4-5-27(10-13(14)21)15-6-16(20)24-8-12(15)11-7-25-28(9-11)17(22)23/h6-9,13-14,17H,4-5,10H2,1-3H3,(H,26,29)/t13-,14+/m1/s1. The number of ether oxygens (including phenoxy) is 1. The number of nitrogens with one attached hydrogen (secondary N) is 1. The molecule has 1 fully saturated rings. The largest absolute Gasteiger partial charge is 0.444 e. The van der Waals surface area contributed by atoms with E-state index in [1.165, 1.54) is 18.6 Å². The second kappa shape index (κ2) is 8.71. The number of alkyl carbamates (subject to hydrolysis) is 1. The van der Waals surface area contributed by atoms with Gasteiger partial charge in [-0.1, -0.05) is 11.6 Å². The molecule has 3 rings (SSSR count). The molecule has 0 aliphatic carbocycles. The average Bonchev–Trinajstić information content (AvgIpc) is 3.12. The molecule has 3 heterocycles. The van der Waals surface area contributed by atoms with Gasteiger partial charge in [0, 0.05) is 35.8 Å². The van der Waals surface area contributed by atoms with Crippen molar-refractivity contribution >= 4 is 23.4 Å². The first-order valence-electron chi connectivity index (χ1n) is 9.40. The summed E-state index contributed by atoms with van der Waals surface area (Å²) in [6, 6.07) is 0.865. The summed E-state index contributed by atoms with van der Waals surface area (Å²) in [5.41, 5.74) is 0.806. The molecule has 0 unspecified atom stereocenters. The van der Waals surface area contributed by atoms with E-state index in [1.54, 1.807) is 31.7 Å². The van der Waals surface area contributed by atoms with Crippen molar-refractivity contribution in [1.29, 1.82) is 0 Å². The van der Waals surface area contributed by atoms with Gasteiger partial charge in [0.1, 0.15) is 16.9 Å². The van der Waals surface area contributed by atoms with Gasteiger partial charge in [-0.3, -0.25) is 0 Å². The van der Waals surface area contributed by atoms with E-state index in [0.29, 0.717) is 34.5 Å². The minimum atomic E-state index is -2.77. The Labute approximate surface area is 177 Å². The van der Waals surface area contributed by atoms with Crippen molar-refractivity contribution in [2.75, 3.05) is 18.0 Å². The molecule has 2 aromatic rings. The minimum absolute atomic E-state index is 0.0171. The number of carbonyl (C=O) groups excluding carboxylic acids is 1. The van der Waals surface area contributed by atoms with Crippen molar-refractivity contribution in [2.45, 2.75) is 51.6 Å². The van der Waals surface area contributed by atoms with E-state index in [2.05, 4.69) is 15.4 Å². The molecule has 164 valence electrons. The fourth-order valence-electron chi connectivity index (χ4n) is 3.23. The topological polar surface area (TPSA) is 72.3 Å². The van der Waals surface area contributed by atoms with Gasteiger partial charge in [0.05, 0.1) is 18.8 Å². The third-order valence-electron chi connectivity index (χ3n) is 4.55. The third kappa shape index (κ3) is 5.35. The number of carbonyl (C=O) groups is 1. The van der Waals surface area contributed by atoms with Crippen molar-refractivity contribution in [3.05, 3.63) is 29.8 Å².